The van der Waals surface area contributed by atoms with Crippen LogP contribution in [0.4, 0.5) is 21.7 Å². The van der Waals surface area contributed by atoms with E-state index in [-0.39, 0.29) is 16.7 Å². The van der Waals surface area contributed by atoms with Crippen molar-refractivity contribution >= 4 is 34.8 Å². The standard InChI is InChI=1S/C19H16ClFN4O2/c1-2-27-17-6-4-3-5-15(17)24-19-22-10-9-16(25-19)18(26)23-12-7-8-14(21)13(20)11-12/h3-11H,2H2,1H3,(H,23,26)(H,22,24,25). The topological polar surface area (TPSA) is 76.1 Å². The number of aromatic nitrogens is 2. The van der Waals surface area contributed by atoms with Crippen LogP contribution in [0.3, 0.4) is 0 Å². The summed E-state index contributed by atoms with van der Waals surface area (Å²) < 4.78 is 18.8. The summed E-state index contributed by atoms with van der Waals surface area (Å²) in [7, 11) is 0. The largest absolute Gasteiger partial charge is 0.492 e. The molecule has 138 valence electrons. The Morgan fingerprint density at radius 3 is 2.81 bits per heavy atom. The van der Waals surface area contributed by atoms with Gasteiger partial charge in [0.1, 0.15) is 17.3 Å². The first-order valence-electron chi connectivity index (χ1n) is 8.15. The molecule has 8 heteroatoms. The maximum atomic E-state index is 13.2. The van der Waals surface area contributed by atoms with E-state index in [0.717, 1.165) is 0 Å². The monoisotopic (exact) mass is 386 g/mol. The number of hydrogen-bond donors (Lipinski definition) is 2. The number of nitrogens with one attached hydrogen (secondary N) is 2. The summed E-state index contributed by atoms with van der Waals surface area (Å²) in [5.74, 6) is -0.135. The Balaban J connectivity index is 1.77. The number of anilines is 3. The van der Waals surface area contributed by atoms with Crippen molar-refractivity contribution in [1.82, 2.24) is 9.97 Å². The molecule has 27 heavy (non-hydrogen) atoms. The molecule has 2 aromatic carbocycles. The molecule has 0 aliphatic rings. The lowest BCUT2D eigenvalue weighted by Crippen LogP contribution is -2.15. The Morgan fingerprint density at radius 2 is 2.04 bits per heavy atom. The van der Waals surface area contributed by atoms with Gasteiger partial charge < -0.3 is 15.4 Å². The number of para-hydroxylation sites is 2. The Bertz CT molecular complexity index is 968. The molecule has 1 heterocycles. The molecule has 3 rings (SSSR count). The molecular weight excluding hydrogens is 371 g/mol. The van der Waals surface area contributed by atoms with Crippen LogP contribution in [0, 0.1) is 5.82 Å². The number of ether oxygens (including phenoxy) is 1. The second-order valence-electron chi connectivity index (χ2n) is 5.40. The van der Waals surface area contributed by atoms with Gasteiger partial charge in [-0.25, -0.2) is 14.4 Å². The fourth-order valence-electron chi connectivity index (χ4n) is 2.29. The molecule has 0 atom stereocenters. The molecule has 2 N–H and O–H groups in total. The van der Waals surface area contributed by atoms with E-state index in [1.807, 2.05) is 31.2 Å². The lowest BCUT2D eigenvalue weighted by Gasteiger charge is -2.11. The van der Waals surface area contributed by atoms with Crippen LogP contribution >= 0.6 is 11.6 Å². The van der Waals surface area contributed by atoms with Crippen LogP contribution in [-0.2, 0) is 0 Å². The number of carbonyl (C=O) groups excluding carboxylic acids is 1. The summed E-state index contributed by atoms with van der Waals surface area (Å²) in [5, 5.41) is 5.57. The first-order valence-corrected chi connectivity index (χ1v) is 8.53. The van der Waals surface area contributed by atoms with Crippen molar-refractivity contribution in [2.45, 2.75) is 6.92 Å². The zero-order valence-electron chi connectivity index (χ0n) is 14.4. The molecule has 0 saturated heterocycles. The number of rotatable bonds is 6. The SMILES string of the molecule is CCOc1ccccc1Nc1nccc(C(=O)Nc2ccc(F)c(Cl)c2)n1. The van der Waals surface area contributed by atoms with E-state index in [0.29, 0.717) is 23.7 Å². The number of amides is 1. The van der Waals surface area contributed by atoms with Gasteiger partial charge in [-0.1, -0.05) is 23.7 Å². The van der Waals surface area contributed by atoms with Gasteiger partial charge in [-0.3, -0.25) is 4.79 Å². The van der Waals surface area contributed by atoms with Crippen LogP contribution in [0.15, 0.2) is 54.7 Å². The number of carbonyl (C=O) groups is 1. The Labute approximate surface area is 160 Å². The van der Waals surface area contributed by atoms with Gasteiger partial charge in [0, 0.05) is 11.9 Å². The molecule has 0 aliphatic heterocycles. The quantitative estimate of drug-likeness (QED) is 0.644. The van der Waals surface area contributed by atoms with E-state index in [1.54, 1.807) is 0 Å². The minimum atomic E-state index is -0.559. The van der Waals surface area contributed by atoms with Gasteiger partial charge in [0.2, 0.25) is 5.95 Å². The van der Waals surface area contributed by atoms with Crippen molar-refractivity contribution in [2.75, 3.05) is 17.2 Å². The van der Waals surface area contributed by atoms with E-state index in [1.165, 1.54) is 30.5 Å². The maximum Gasteiger partial charge on any atom is 0.274 e. The van der Waals surface area contributed by atoms with Crippen LogP contribution in [0.5, 0.6) is 5.75 Å². The third kappa shape index (κ3) is 4.71. The first-order chi connectivity index (χ1) is 13.1. The molecule has 3 aromatic rings. The van der Waals surface area contributed by atoms with Crippen molar-refractivity contribution < 1.29 is 13.9 Å². The van der Waals surface area contributed by atoms with Gasteiger partial charge >= 0.3 is 0 Å². The number of benzene rings is 2. The third-order valence-electron chi connectivity index (χ3n) is 3.50. The first kappa shape index (κ1) is 18.6. The molecule has 0 fully saturated rings. The van der Waals surface area contributed by atoms with E-state index in [2.05, 4.69) is 20.6 Å². The predicted molar refractivity (Wildman–Crippen MR) is 102 cm³/mol. The molecule has 1 amide bonds. The molecule has 0 spiro atoms. The summed E-state index contributed by atoms with van der Waals surface area (Å²) in [6.45, 7) is 2.40. The second kappa shape index (κ2) is 8.46. The molecule has 0 saturated carbocycles. The Hall–Kier alpha value is -3.19. The van der Waals surface area contributed by atoms with Crippen LogP contribution < -0.4 is 15.4 Å². The summed E-state index contributed by atoms with van der Waals surface area (Å²) in [6, 6.07) is 12.7. The van der Waals surface area contributed by atoms with Crippen molar-refractivity contribution in [2.24, 2.45) is 0 Å². The van der Waals surface area contributed by atoms with Gasteiger partial charge in [0.15, 0.2) is 0 Å². The summed E-state index contributed by atoms with van der Waals surface area (Å²) >= 11 is 5.73. The lowest BCUT2D eigenvalue weighted by atomic mass is 10.3. The molecule has 0 unspecified atom stereocenters. The summed E-state index contributed by atoms with van der Waals surface area (Å²) in [6.07, 6.45) is 1.46. The van der Waals surface area contributed by atoms with E-state index < -0.39 is 11.7 Å². The van der Waals surface area contributed by atoms with E-state index in [9.17, 15) is 9.18 Å². The van der Waals surface area contributed by atoms with Gasteiger partial charge in [-0.2, -0.15) is 0 Å². The average molecular weight is 387 g/mol. The molecular formula is C19H16ClFN4O2. The van der Waals surface area contributed by atoms with Crippen molar-refractivity contribution in [3.8, 4) is 5.75 Å². The van der Waals surface area contributed by atoms with Crippen LogP contribution in [0.25, 0.3) is 0 Å². The highest BCUT2D eigenvalue weighted by atomic mass is 35.5. The predicted octanol–water partition coefficient (Wildman–Crippen LogP) is 4.66. The highest BCUT2D eigenvalue weighted by Crippen LogP contribution is 2.26. The molecule has 6 nitrogen and oxygen atoms in total. The molecule has 0 radical (unpaired) electrons. The van der Waals surface area contributed by atoms with Gasteiger partial charge in [0.05, 0.1) is 17.3 Å². The number of halogens is 2. The van der Waals surface area contributed by atoms with Crippen LogP contribution in [-0.4, -0.2) is 22.5 Å². The Kier molecular flexibility index (Phi) is 5.83. The van der Waals surface area contributed by atoms with Crippen LogP contribution in [0.1, 0.15) is 17.4 Å². The third-order valence-corrected chi connectivity index (χ3v) is 3.79. The normalized spacial score (nSPS) is 10.3. The van der Waals surface area contributed by atoms with E-state index in [4.69, 9.17) is 16.3 Å². The highest BCUT2D eigenvalue weighted by molar-refractivity contribution is 6.31. The lowest BCUT2D eigenvalue weighted by molar-refractivity contribution is 0.102. The van der Waals surface area contributed by atoms with E-state index >= 15 is 0 Å². The zero-order chi connectivity index (χ0) is 19.2. The minimum Gasteiger partial charge on any atom is -0.492 e. The smallest absolute Gasteiger partial charge is 0.274 e. The molecule has 0 aliphatic carbocycles. The van der Waals surface area contributed by atoms with Gasteiger partial charge in [-0.15, -0.1) is 0 Å². The molecule has 0 bridgehead atoms. The summed E-state index contributed by atoms with van der Waals surface area (Å²) in [4.78, 5) is 20.7. The summed E-state index contributed by atoms with van der Waals surface area (Å²) in [5.41, 5.74) is 1.19. The van der Waals surface area contributed by atoms with Crippen molar-refractivity contribution in [3.63, 3.8) is 0 Å². The second-order valence-corrected chi connectivity index (χ2v) is 5.81. The van der Waals surface area contributed by atoms with Gasteiger partial charge in [-0.05, 0) is 43.3 Å². The van der Waals surface area contributed by atoms with Crippen LogP contribution in [0.2, 0.25) is 5.02 Å². The Morgan fingerprint density at radius 1 is 1.22 bits per heavy atom. The fraction of sp³-hybridized carbons (Fsp3) is 0.105. The zero-order valence-corrected chi connectivity index (χ0v) is 15.1. The van der Waals surface area contributed by atoms with Gasteiger partial charge in [0.25, 0.3) is 5.91 Å². The molecule has 1 aromatic heterocycles. The van der Waals surface area contributed by atoms with Crippen molar-refractivity contribution in [1.29, 1.82) is 0 Å². The number of hydrogen-bond acceptors (Lipinski definition) is 5. The number of nitrogens with zero attached hydrogens (tertiary/aromatic N) is 2. The fourth-order valence-corrected chi connectivity index (χ4v) is 2.47. The van der Waals surface area contributed by atoms with Crippen molar-refractivity contribution in [3.05, 3.63) is 71.3 Å². The highest BCUT2D eigenvalue weighted by Gasteiger charge is 2.12. The average Bonchev–Trinajstić information content (AvgIpc) is 2.67. The minimum absolute atomic E-state index is 0.0784. The maximum absolute atomic E-state index is 13.2.